The molecule has 2 aromatic rings. The first-order chi connectivity index (χ1) is 15.1. The van der Waals surface area contributed by atoms with Gasteiger partial charge in [-0.05, 0) is 41.8 Å². The number of hydrogen-bond acceptors (Lipinski definition) is 5. The average molecular weight is 424 g/mol. The van der Waals surface area contributed by atoms with Crippen LogP contribution >= 0.6 is 0 Å². The number of hydrogen-bond donors (Lipinski definition) is 1. The highest BCUT2D eigenvalue weighted by Gasteiger charge is 2.47. The lowest BCUT2D eigenvalue weighted by Crippen LogP contribution is -2.29. The molecule has 2 aliphatic rings. The van der Waals surface area contributed by atoms with Crippen molar-refractivity contribution >= 4 is 5.97 Å². The van der Waals surface area contributed by atoms with Crippen LogP contribution in [-0.4, -0.2) is 43.0 Å². The summed E-state index contributed by atoms with van der Waals surface area (Å²) in [5.41, 5.74) is 1.95. The van der Waals surface area contributed by atoms with Crippen LogP contribution in [-0.2, 0) is 4.79 Å². The van der Waals surface area contributed by atoms with Gasteiger partial charge in [0.2, 0.25) is 6.79 Å². The standard InChI is InChI=1S/C25H29NO5/c1-3-4-5-6-13-26-15-20(18-9-12-21-22(14-18)31-16-30-21)23(25(27)28)24(26)17-7-10-19(29-2)11-8-17/h5-12,14,20,23-24H,3-4,13,15-16H2,1-2H3,(H,27,28). The highest BCUT2D eigenvalue weighted by atomic mass is 16.7. The minimum absolute atomic E-state index is 0.154. The van der Waals surface area contributed by atoms with E-state index >= 15 is 0 Å². The van der Waals surface area contributed by atoms with Crippen molar-refractivity contribution in [1.29, 1.82) is 0 Å². The van der Waals surface area contributed by atoms with E-state index in [9.17, 15) is 9.90 Å². The van der Waals surface area contributed by atoms with Crippen molar-refractivity contribution in [3.05, 3.63) is 65.7 Å². The molecule has 31 heavy (non-hydrogen) atoms. The quantitative estimate of drug-likeness (QED) is 0.625. The molecule has 2 aliphatic heterocycles. The zero-order valence-electron chi connectivity index (χ0n) is 18.0. The highest BCUT2D eigenvalue weighted by molar-refractivity contribution is 5.74. The summed E-state index contributed by atoms with van der Waals surface area (Å²) in [4.78, 5) is 14.8. The number of ether oxygens (including phenoxy) is 3. The SMILES string of the molecule is CCCC=CCN1CC(c2ccc3c(c2)OCO3)C(C(=O)O)C1c1ccc(OC)cc1. The lowest BCUT2D eigenvalue weighted by molar-refractivity contribution is -0.143. The van der Waals surface area contributed by atoms with Gasteiger partial charge in [-0.2, -0.15) is 0 Å². The number of rotatable bonds is 8. The number of methoxy groups -OCH3 is 1. The largest absolute Gasteiger partial charge is 0.497 e. The highest BCUT2D eigenvalue weighted by Crippen LogP contribution is 2.47. The Hall–Kier alpha value is -2.99. The molecule has 2 aromatic carbocycles. The number of aliphatic carboxylic acids is 1. The molecule has 1 fully saturated rings. The molecule has 6 nitrogen and oxygen atoms in total. The fourth-order valence-electron chi connectivity index (χ4n) is 4.59. The summed E-state index contributed by atoms with van der Waals surface area (Å²) in [6.45, 7) is 3.72. The second-order valence-electron chi connectivity index (χ2n) is 8.02. The molecule has 2 heterocycles. The van der Waals surface area contributed by atoms with Gasteiger partial charge >= 0.3 is 5.97 Å². The van der Waals surface area contributed by atoms with E-state index in [1.54, 1.807) is 7.11 Å². The third-order valence-electron chi connectivity index (χ3n) is 6.13. The van der Waals surface area contributed by atoms with E-state index in [2.05, 4.69) is 24.0 Å². The number of nitrogens with zero attached hydrogens (tertiary/aromatic N) is 1. The number of carboxylic acids is 1. The van der Waals surface area contributed by atoms with Crippen LogP contribution in [0.3, 0.4) is 0 Å². The third-order valence-corrected chi connectivity index (χ3v) is 6.13. The maximum Gasteiger partial charge on any atom is 0.309 e. The zero-order valence-corrected chi connectivity index (χ0v) is 18.0. The number of allylic oxidation sites excluding steroid dienone is 1. The van der Waals surface area contributed by atoms with Gasteiger partial charge in [0, 0.05) is 25.0 Å². The van der Waals surface area contributed by atoms with E-state index in [1.165, 1.54) is 0 Å². The van der Waals surface area contributed by atoms with E-state index in [4.69, 9.17) is 14.2 Å². The van der Waals surface area contributed by atoms with Crippen molar-refractivity contribution in [3.8, 4) is 17.2 Å². The van der Waals surface area contributed by atoms with Crippen LogP contribution < -0.4 is 14.2 Å². The molecule has 0 aromatic heterocycles. The fraction of sp³-hybridized carbons (Fsp3) is 0.400. The van der Waals surface area contributed by atoms with Crippen molar-refractivity contribution in [1.82, 2.24) is 4.90 Å². The van der Waals surface area contributed by atoms with Crippen molar-refractivity contribution in [2.24, 2.45) is 5.92 Å². The molecule has 0 radical (unpaired) electrons. The Kier molecular flexibility index (Phi) is 6.47. The van der Waals surface area contributed by atoms with E-state index < -0.39 is 11.9 Å². The number of carboxylic acid groups (broad SMARTS) is 1. The summed E-state index contributed by atoms with van der Waals surface area (Å²) in [7, 11) is 1.63. The predicted octanol–water partition coefficient (Wildman–Crippen LogP) is 4.62. The molecule has 0 amide bonds. The fourth-order valence-corrected chi connectivity index (χ4v) is 4.59. The maximum absolute atomic E-state index is 12.5. The summed E-state index contributed by atoms with van der Waals surface area (Å²) in [5, 5.41) is 10.3. The summed E-state index contributed by atoms with van der Waals surface area (Å²) in [6, 6.07) is 13.3. The number of fused-ring (bicyclic) bond motifs is 1. The molecule has 3 unspecified atom stereocenters. The smallest absolute Gasteiger partial charge is 0.309 e. The summed E-state index contributed by atoms with van der Waals surface area (Å²) < 4.78 is 16.3. The molecule has 0 aliphatic carbocycles. The average Bonchev–Trinajstić information content (AvgIpc) is 3.41. The molecule has 4 rings (SSSR count). The molecule has 0 bridgehead atoms. The Morgan fingerprint density at radius 2 is 1.87 bits per heavy atom. The summed E-state index contributed by atoms with van der Waals surface area (Å²) in [5.74, 6) is 0.634. The van der Waals surface area contributed by atoms with Crippen LogP contribution in [0.4, 0.5) is 0 Å². The van der Waals surface area contributed by atoms with Crippen molar-refractivity contribution in [2.75, 3.05) is 27.0 Å². The van der Waals surface area contributed by atoms with E-state index in [0.29, 0.717) is 24.6 Å². The second-order valence-corrected chi connectivity index (χ2v) is 8.02. The zero-order chi connectivity index (χ0) is 21.8. The van der Waals surface area contributed by atoms with Gasteiger partial charge in [0.25, 0.3) is 0 Å². The van der Waals surface area contributed by atoms with Crippen LogP contribution in [0.5, 0.6) is 17.2 Å². The van der Waals surface area contributed by atoms with Gasteiger partial charge in [-0.3, -0.25) is 9.69 Å². The Balaban J connectivity index is 1.69. The van der Waals surface area contributed by atoms with Crippen molar-refractivity contribution in [3.63, 3.8) is 0 Å². The molecular weight excluding hydrogens is 394 g/mol. The lowest BCUT2D eigenvalue weighted by atomic mass is 9.82. The monoisotopic (exact) mass is 423 g/mol. The van der Waals surface area contributed by atoms with Gasteiger partial charge in [-0.15, -0.1) is 0 Å². The number of likely N-dealkylation sites (tertiary alicyclic amines) is 1. The van der Waals surface area contributed by atoms with Gasteiger partial charge in [0.05, 0.1) is 13.0 Å². The topological polar surface area (TPSA) is 68.2 Å². The molecule has 164 valence electrons. The van der Waals surface area contributed by atoms with Gasteiger partial charge in [-0.1, -0.05) is 43.7 Å². The number of unbranched alkanes of at least 4 members (excludes halogenated alkanes) is 1. The van der Waals surface area contributed by atoms with Gasteiger partial charge in [-0.25, -0.2) is 0 Å². The van der Waals surface area contributed by atoms with Crippen molar-refractivity contribution < 1.29 is 24.1 Å². The lowest BCUT2D eigenvalue weighted by Gasteiger charge is -2.26. The Morgan fingerprint density at radius 3 is 2.58 bits per heavy atom. The van der Waals surface area contributed by atoms with Gasteiger partial charge < -0.3 is 19.3 Å². The van der Waals surface area contributed by atoms with Crippen molar-refractivity contribution in [2.45, 2.75) is 31.7 Å². The Morgan fingerprint density at radius 1 is 1.13 bits per heavy atom. The predicted molar refractivity (Wildman–Crippen MR) is 118 cm³/mol. The molecule has 0 saturated carbocycles. The number of carbonyl (C=O) groups is 1. The molecule has 0 spiro atoms. The summed E-state index contributed by atoms with van der Waals surface area (Å²) >= 11 is 0. The van der Waals surface area contributed by atoms with E-state index in [1.807, 2.05) is 42.5 Å². The molecule has 3 atom stereocenters. The van der Waals surface area contributed by atoms with Crippen LogP contribution in [0.1, 0.15) is 42.9 Å². The first-order valence-corrected chi connectivity index (χ1v) is 10.8. The van der Waals surface area contributed by atoms with E-state index in [0.717, 1.165) is 29.7 Å². The summed E-state index contributed by atoms with van der Waals surface area (Å²) in [6.07, 6.45) is 6.45. The first kappa shape index (κ1) is 21.2. The minimum atomic E-state index is -0.788. The van der Waals surface area contributed by atoms with Gasteiger partial charge in [0.1, 0.15) is 5.75 Å². The Labute approximate surface area is 183 Å². The molecule has 1 N–H and O–H groups in total. The normalized spacial score (nSPS) is 22.8. The number of benzene rings is 2. The Bertz CT molecular complexity index is 939. The maximum atomic E-state index is 12.5. The first-order valence-electron chi connectivity index (χ1n) is 10.8. The van der Waals surface area contributed by atoms with Gasteiger partial charge in [0.15, 0.2) is 11.5 Å². The minimum Gasteiger partial charge on any atom is -0.497 e. The molecular formula is C25H29NO5. The molecule has 6 heteroatoms. The third kappa shape index (κ3) is 4.39. The van der Waals surface area contributed by atoms with Crippen LogP contribution in [0.15, 0.2) is 54.6 Å². The second kappa shape index (κ2) is 9.43. The van der Waals surface area contributed by atoms with Crippen LogP contribution in [0.2, 0.25) is 0 Å². The van der Waals surface area contributed by atoms with Crippen LogP contribution in [0.25, 0.3) is 0 Å². The van der Waals surface area contributed by atoms with E-state index in [-0.39, 0.29) is 18.8 Å². The van der Waals surface area contributed by atoms with Crippen LogP contribution in [0, 0.1) is 5.92 Å². The molecule has 1 saturated heterocycles.